The maximum atomic E-state index is 12.7. The molecular weight excluding hydrogens is 255 g/mol. The molecule has 0 unspecified atom stereocenters. The predicted molar refractivity (Wildman–Crippen MR) is 70.6 cm³/mol. The SMILES string of the molecule is CCCN(CC)c1ccc(C(F)(F)F)cc1C(=N)N. The molecule has 0 bridgehead atoms. The van der Waals surface area contributed by atoms with Crippen molar-refractivity contribution in [3.8, 4) is 0 Å². The van der Waals surface area contributed by atoms with Gasteiger partial charge in [0.1, 0.15) is 5.84 Å². The molecule has 0 aliphatic heterocycles. The molecule has 0 atom stereocenters. The summed E-state index contributed by atoms with van der Waals surface area (Å²) >= 11 is 0. The lowest BCUT2D eigenvalue weighted by atomic mass is 10.1. The molecule has 0 spiro atoms. The van der Waals surface area contributed by atoms with E-state index >= 15 is 0 Å². The van der Waals surface area contributed by atoms with E-state index in [4.69, 9.17) is 11.1 Å². The van der Waals surface area contributed by atoms with E-state index < -0.39 is 11.7 Å². The summed E-state index contributed by atoms with van der Waals surface area (Å²) in [6.45, 7) is 5.26. The summed E-state index contributed by atoms with van der Waals surface area (Å²) in [6, 6.07) is 3.36. The first-order valence-corrected chi connectivity index (χ1v) is 6.11. The second kappa shape index (κ2) is 5.95. The number of rotatable bonds is 5. The van der Waals surface area contributed by atoms with E-state index in [1.807, 2.05) is 18.7 Å². The van der Waals surface area contributed by atoms with Gasteiger partial charge in [-0.05, 0) is 31.5 Å². The third-order valence-electron chi connectivity index (χ3n) is 2.83. The summed E-state index contributed by atoms with van der Waals surface area (Å²) in [5.41, 5.74) is 5.33. The van der Waals surface area contributed by atoms with Crippen LogP contribution in [0.3, 0.4) is 0 Å². The number of amidine groups is 1. The predicted octanol–water partition coefficient (Wildman–Crippen LogP) is 3.23. The van der Waals surface area contributed by atoms with Crippen molar-refractivity contribution in [2.45, 2.75) is 26.4 Å². The lowest BCUT2D eigenvalue weighted by Gasteiger charge is -2.25. The number of benzene rings is 1. The van der Waals surface area contributed by atoms with E-state index in [2.05, 4.69) is 0 Å². The fourth-order valence-electron chi connectivity index (χ4n) is 1.92. The van der Waals surface area contributed by atoms with Gasteiger partial charge in [0.05, 0.1) is 5.56 Å². The maximum Gasteiger partial charge on any atom is 0.416 e. The van der Waals surface area contributed by atoms with Crippen molar-refractivity contribution < 1.29 is 13.2 Å². The molecule has 6 heteroatoms. The number of alkyl halides is 3. The zero-order valence-corrected chi connectivity index (χ0v) is 11.0. The molecular formula is C13H18F3N3. The molecule has 0 radical (unpaired) electrons. The van der Waals surface area contributed by atoms with E-state index in [-0.39, 0.29) is 11.4 Å². The van der Waals surface area contributed by atoms with Gasteiger partial charge in [-0.3, -0.25) is 5.41 Å². The molecule has 0 aliphatic rings. The number of anilines is 1. The van der Waals surface area contributed by atoms with E-state index in [0.29, 0.717) is 18.8 Å². The summed E-state index contributed by atoms with van der Waals surface area (Å²) < 4.78 is 38.0. The number of halogens is 3. The van der Waals surface area contributed by atoms with Crippen LogP contribution in [0.2, 0.25) is 0 Å². The van der Waals surface area contributed by atoms with Crippen molar-refractivity contribution in [2.75, 3.05) is 18.0 Å². The molecule has 1 rings (SSSR count). The summed E-state index contributed by atoms with van der Waals surface area (Å²) in [5.74, 6) is -0.351. The quantitative estimate of drug-likeness (QED) is 0.639. The zero-order valence-electron chi connectivity index (χ0n) is 11.0. The van der Waals surface area contributed by atoms with E-state index in [1.54, 1.807) is 0 Å². The standard InChI is InChI=1S/C13H18F3N3/c1-3-7-19(4-2)11-6-5-9(13(14,15)16)8-10(11)12(17)18/h5-6,8H,3-4,7H2,1-2H3,(H3,17,18). The Morgan fingerprint density at radius 1 is 1.32 bits per heavy atom. The number of nitrogens with zero attached hydrogens (tertiary/aromatic N) is 1. The average Bonchev–Trinajstić information content (AvgIpc) is 2.34. The normalized spacial score (nSPS) is 11.4. The third-order valence-corrected chi connectivity index (χ3v) is 2.83. The molecule has 0 saturated carbocycles. The summed E-state index contributed by atoms with van der Waals surface area (Å²) in [4.78, 5) is 1.91. The van der Waals surface area contributed by atoms with Gasteiger partial charge in [-0.1, -0.05) is 6.92 Å². The number of nitrogens with one attached hydrogen (secondary N) is 1. The van der Waals surface area contributed by atoms with Crippen LogP contribution in [0.5, 0.6) is 0 Å². The minimum Gasteiger partial charge on any atom is -0.384 e. The Morgan fingerprint density at radius 2 is 1.95 bits per heavy atom. The maximum absolute atomic E-state index is 12.7. The Kier molecular flexibility index (Phi) is 4.80. The van der Waals surface area contributed by atoms with Crippen molar-refractivity contribution in [3.05, 3.63) is 29.3 Å². The van der Waals surface area contributed by atoms with Crippen LogP contribution >= 0.6 is 0 Å². The van der Waals surface area contributed by atoms with Crippen molar-refractivity contribution in [2.24, 2.45) is 5.73 Å². The van der Waals surface area contributed by atoms with Gasteiger partial charge in [-0.25, -0.2) is 0 Å². The molecule has 3 nitrogen and oxygen atoms in total. The molecule has 3 N–H and O–H groups in total. The lowest BCUT2D eigenvalue weighted by Crippen LogP contribution is -2.27. The average molecular weight is 273 g/mol. The molecule has 0 amide bonds. The highest BCUT2D eigenvalue weighted by Crippen LogP contribution is 2.32. The summed E-state index contributed by atoms with van der Waals surface area (Å²) in [6.07, 6.45) is -3.56. The Morgan fingerprint density at radius 3 is 2.37 bits per heavy atom. The number of hydrogen-bond acceptors (Lipinski definition) is 2. The Hall–Kier alpha value is -1.72. The topological polar surface area (TPSA) is 53.1 Å². The Balaban J connectivity index is 3.29. The first-order chi connectivity index (χ1) is 8.81. The molecule has 1 aromatic carbocycles. The second-order valence-corrected chi connectivity index (χ2v) is 4.22. The monoisotopic (exact) mass is 273 g/mol. The minimum atomic E-state index is -4.43. The first-order valence-electron chi connectivity index (χ1n) is 6.11. The smallest absolute Gasteiger partial charge is 0.384 e. The van der Waals surface area contributed by atoms with Gasteiger partial charge in [0, 0.05) is 24.3 Å². The highest BCUT2D eigenvalue weighted by molar-refractivity contribution is 6.00. The van der Waals surface area contributed by atoms with Crippen LogP contribution in [0.25, 0.3) is 0 Å². The largest absolute Gasteiger partial charge is 0.416 e. The first kappa shape index (κ1) is 15.3. The summed E-state index contributed by atoms with van der Waals surface area (Å²) in [5, 5.41) is 7.46. The fourth-order valence-corrected chi connectivity index (χ4v) is 1.92. The highest BCUT2D eigenvalue weighted by atomic mass is 19.4. The molecule has 0 fully saturated rings. The van der Waals surface area contributed by atoms with Crippen LogP contribution in [-0.2, 0) is 6.18 Å². The third kappa shape index (κ3) is 3.62. The number of nitrogen functional groups attached to an aromatic ring is 1. The van der Waals surface area contributed by atoms with Crippen molar-refractivity contribution in [3.63, 3.8) is 0 Å². The van der Waals surface area contributed by atoms with Gasteiger partial charge in [-0.15, -0.1) is 0 Å². The van der Waals surface area contributed by atoms with E-state index in [1.165, 1.54) is 6.07 Å². The van der Waals surface area contributed by atoms with E-state index in [0.717, 1.165) is 18.6 Å². The molecule has 0 saturated heterocycles. The molecule has 0 aliphatic carbocycles. The highest BCUT2D eigenvalue weighted by Gasteiger charge is 2.31. The van der Waals surface area contributed by atoms with Crippen LogP contribution in [0.4, 0.5) is 18.9 Å². The summed E-state index contributed by atoms with van der Waals surface area (Å²) in [7, 11) is 0. The van der Waals surface area contributed by atoms with Crippen molar-refractivity contribution >= 4 is 11.5 Å². The van der Waals surface area contributed by atoms with Crippen LogP contribution in [0, 0.1) is 5.41 Å². The van der Waals surface area contributed by atoms with E-state index in [9.17, 15) is 13.2 Å². The Labute approximate surface area is 110 Å². The minimum absolute atomic E-state index is 0.130. The van der Waals surface area contributed by atoms with Crippen molar-refractivity contribution in [1.82, 2.24) is 0 Å². The lowest BCUT2D eigenvalue weighted by molar-refractivity contribution is -0.137. The van der Waals surface area contributed by atoms with Gasteiger partial charge in [0.15, 0.2) is 0 Å². The second-order valence-electron chi connectivity index (χ2n) is 4.22. The van der Waals surface area contributed by atoms with Gasteiger partial charge < -0.3 is 10.6 Å². The number of nitrogens with two attached hydrogens (primary N) is 1. The molecule has 0 aromatic heterocycles. The van der Waals surface area contributed by atoms with Crippen LogP contribution in [-0.4, -0.2) is 18.9 Å². The Bertz CT molecular complexity index is 455. The van der Waals surface area contributed by atoms with Gasteiger partial charge >= 0.3 is 6.18 Å². The zero-order chi connectivity index (χ0) is 14.6. The molecule has 106 valence electrons. The van der Waals surface area contributed by atoms with Crippen molar-refractivity contribution in [1.29, 1.82) is 5.41 Å². The van der Waals surface area contributed by atoms with Gasteiger partial charge in [-0.2, -0.15) is 13.2 Å². The fraction of sp³-hybridized carbons (Fsp3) is 0.462. The van der Waals surface area contributed by atoms with Gasteiger partial charge in [0.25, 0.3) is 0 Å². The van der Waals surface area contributed by atoms with Gasteiger partial charge in [0.2, 0.25) is 0 Å². The van der Waals surface area contributed by atoms with Crippen LogP contribution in [0.15, 0.2) is 18.2 Å². The number of hydrogen-bond donors (Lipinski definition) is 2. The molecule has 0 heterocycles. The molecule has 19 heavy (non-hydrogen) atoms. The van der Waals surface area contributed by atoms with Crippen LogP contribution < -0.4 is 10.6 Å². The molecule has 1 aromatic rings. The van der Waals surface area contributed by atoms with Crippen LogP contribution in [0.1, 0.15) is 31.4 Å².